The summed E-state index contributed by atoms with van der Waals surface area (Å²) >= 11 is 2.96. The standard InChI is InChI=1S/C24H24N6OS2/c1-17-9-11-18(12-10-17)20-15-21(30(28-20)19-7-3-2-4-8-19)25-22(31)16-32-24-27-26-23(33-24)29-13-5-6-14-29/h2-4,7-12,15H,5-6,13-14,16H2,1H3,(H,25,31). The lowest BCUT2D eigenvalue weighted by molar-refractivity contribution is -0.113. The Morgan fingerprint density at radius 3 is 2.58 bits per heavy atom. The second-order valence-corrected chi connectivity index (χ2v) is 10.1. The van der Waals surface area contributed by atoms with E-state index >= 15 is 0 Å². The van der Waals surface area contributed by atoms with Gasteiger partial charge in [0.25, 0.3) is 0 Å². The van der Waals surface area contributed by atoms with Crippen LogP contribution in [0.3, 0.4) is 0 Å². The fourth-order valence-electron chi connectivity index (χ4n) is 3.70. The Hall–Kier alpha value is -3.17. The van der Waals surface area contributed by atoms with Crippen LogP contribution in [-0.2, 0) is 4.79 Å². The highest BCUT2D eigenvalue weighted by Gasteiger charge is 2.18. The zero-order valence-electron chi connectivity index (χ0n) is 18.3. The van der Waals surface area contributed by atoms with Gasteiger partial charge in [-0.25, -0.2) is 4.68 Å². The lowest BCUT2D eigenvalue weighted by atomic mass is 10.1. The van der Waals surface area contributed by atoms with Gasteiger partial charge in [0.05, 0.1) is 17.1 Å². The molecule has 2 aromatic heterocycles. The second-order valence-electron chi connectivity index (χ2n) is 7.91. The van der Waals surface area contributed by atoms with Crippen molar-refractivity contribution in [3.05, 3.63) is 66.2 Å². The summed E-state index contributed by atoms with van der Waals surface area (Å²) in [4.78, 5) is 15.1. The molecular weight excluding hydrogens is 452 g/mol. The summed E-state index contributed by atoms with van der Waals surface area (Å²) in [6, 6.07) is 19.9. The Kier molecular flexibility index (Phi) is 6.41. The molecule has 1 N–H and O–H groups in total. The van der Waals surface area contributed by atoms with Gasteiger partial charge in [0, 0.05) is 24.7 Å². The van der Waals surface area contributed by atoms with E-state index in [1.54, 1.807) is 16.0 Å². The molecule has 7 nitrogen and oxygen atoms in total. The summed E-state index contributed by atoms with van der Waals surface area (Å²) in [6.45, 7) is 4.13. The van der Waals surface area contributed by atoms with Crippen molar-refractivity contribution < 1.29 is 4.79 Å². The van der Waals surface area contributed by atoms with E-state index in [0.717, 1.165) is 39.5 Å². The van der Waals surface area contributed by atoms with Crippen molar-refractivity contribution in [3.8, 4) is 16.9 Å². The molecule has 1 amide bonds. The summed E-state index contributed by atoms with van der Waals surface area (Å²) in [7, 11) is 0. The van der Waals surface area contributed by atoms with Crippen LogP contribution in [0.15, 0.2) is 65.0 Å². The van der Waals surface area contributed by atoms with Crippen molar-refractivity contribution in [1.82, 2.24) is 20.0 Å². The topological polar surface area (TPSA) is 75.9 Å². The number of hydrogen-bond donors (Lipinski definition) is 1. The van der Waals surface area contributed by atoms with Gasteiger partial charge in [0.15, 0.2) is 4.34 Å². The molecule has 0 aliphatic carbocycles. The first-order valence-corrected chi connectivity index (χ1v) is 12.7. The van der Waals surface area contributed by atoms with E-state index in [1.807, 2.05) is 48.5 Å². The average Bonchev–Trinajstić information content (AvgIpc) is 3.59. The Bertz CT molecular complexity index is 1230. The Balaban J connectivity index is 1.31. The maximum Gasteiger partial charge on any atom is 0.235 e. The maximum absolute atomic E-state index is 12.8. The molecule has 0 radical (unpaired) electrons. The number of aryl methyl sites for hydroxylation is 1. The first kappa shape index (κ1) is 21.7. The van der Waals surface area contributed by atoms with E-state index in [0.29, 0.717) is 5.82 Å². The highest BCUT2D eigenvalue weighted by atomic mass is 32.2. The van der Waals surface area contributed by atoms with Gasteiger partial charge in [0.2, 0.25) is 11.0 Å². The molecule has 0 spiro atoms. The van der Waals surface area contributed by atoms with Crippen LogP contribution >= 0.6 is 23.1 Å². The van der Waals surface area contributed by atoms with E-state index in [1.165, 1.54) is 30.2 Å². The van der Waals surface area contributed by atoms with Crippen LogP contribution in [0.1, 0.15) is 18.4 Å². The summed E-state index contributed by atoms with van der Waals surface area (Å²) < 4.78 is 2.58. The van der Waals surface area contributed by atoms with Gasteiger partial charge in [0.1, 0.15) is 5.82 Å². The Morgan fingerprint density at radius 2 is 1.82 bits per heavy atom. The molecule has 4 aromatic rings. The highest BCUT2D eigenvalue weighted by Crippen LogP contribution is 2.30. The van der Waals surface area contributed by atoms with Gasteiger partial charge in [-0.3, -0.25) is 4.79 Å². The zero-order chi connectivity index (χ0) is 22.6. The van der Waals surface area contributed by atoms with Crippen molar-refractivity contribution in [2.75, 3.05) is 29.1 Å². The summed E-state index contributed by atoms with van der Waals surface area (Å²) in [5.74, 6) is 0.789. The predicted molar refractivity (Wildman–Crippen MR) is 134 cm³/mol. The molecule has 5 rings (SSSR count). The quantitative estimate of drug-likeness (QED) is 0.377. The predicted octanol–water partition coefficient (Wildman–Crippen LogP) is 5.03. The highest BCUT2D eigenvalue weighted by molar-refractivity contribution is 8.01. The van der Waals surface area contributed by atoms with Gasteiger partial charge >= 0.3 is 0 Å². The molecule has 1 fully saturated rings. The minimum Gasteiger partial charge on any atom is -0.347 e. The van der Waals surface area contributed by atoms with E-state index in [4.69, 9.17) is 5.10 Å². The first-order chi connectivity index (χ1) is 16.2. The molecule has 0 unspecified atom stereocenters. The fourth-order valence-corrected chi connectivity index (χ4v) is 5.40. The monoisotopic (exact) mass is 476 g/mol. The molecular formula is C24H24N6OS2. The molecule has 1 saturated heterocycles. The van der Waals surface area contributed by atoms with Crippen LogP contribution in [0.25, 0.3) is 16.9 Å². The van der Waals surface area contributed by atoms with Crippen LogP contribution in [0.5, 0.6) is 0 Å². The number of anilines is 2. The number of benzene rings is 2. The molecule has 1 aliphatic rings. The Morgan fingerprint density at radius 1 is 1.06 bits per heavy atom. The number of rotatable bonds is 7. The number of thioether (sulfide) groups is 1. The normalized spacial score (nSPS) is 13.4. The molecule has 168 valence electrons. The molecule has 1 aliphatic heterocycles. The smallest absolute Gasteiger partial charge is 0.235 e. The van der Waals surface area contributed by atoms with E-state index < -0.39 is 0 Å². The number of nitrogens with zero attached hydrogens (tertiary/aromatic N) is 5. The van der Waals surface area contributed by atoms with Crippen molar-refractivity contribution in [2.24, 2.45) is 0 Å². The number of amides is 1. The molecule has 9 heteroatoms. The van der Waals surface area contributed by atoms with Gasteiger partial charge < -0.3 is 10.2 Å². The summed E-state index contributed by atoms with van der Waals surface area (Å²) in [6.07, 6.45) is 2.40. The van der Waals surface area contributed by atoms with Crippen molar-refractivity contribution in [3.63, 3.8) is 0 Å². The molecule has 2 aromatic carbocycles. The van der Waals surface area contributed by atoms with Crippen molar-refractivity contribution in [2.45, 2.75) is 24.1 Å². The van der Waals surface area contributed by atoms with Gasteiger partial charge in [-0.05, 0) is 31.9 Å². The van der Waals surface area contributed by atoms with Crippen LogP contribution in [0, 0.1) is 6.92 Å². The van der Waals surface area contributed by atoms with Crippen molar-refractivity contribution in [1.29, 1.82) is 0 Å². The van der Waals surface area contributed by atoms with Gasteiger partial charge in [-0.2, -0.15) is 5.10 Å². The van der Waals surface area contributed by atoms with Crippen LogP contribution in [0.2, 0.25) is 0 Å². The minimum absolute atomic E-state index is 0.106. The number of aromatic nitrogens is 4. The lowest BCUT2D eigenvalue weighted by Gasteiger charge is -2.10. The average molecular weight is 477 g/mol. The number of hydrogen-bond acceptors (Lipinski definition) is 7. The summed E-state index contributed by atoms with van der Waals surface area (Å²) in [5.41, 5.74) is 3.89. The minimum atomic E-state index is -0.106. The third-order valence-corrected chi connectivity index (χ3v) is 7.54. The number of para-hydroxylation sites is 1. The molecule has 0 atom stereocenters. The molecule has 0 bridgehead atoms. The maximum atomic E-state index is 12.8. The van der Waals surface area contributed by atoms with E-state index in [2.05, 4.69) is 39.5 Å². The first-order valence-electron chi connectivity index (χ1n) is 10.9. The van der Waals surface area contributed by atoms with Crippen LogP contribution in [-0.4, -0.2) is 44.7 Å². The lowest BCUT2D eigenvalue weighted by Crippen LogP contribution is -2.17. The summed E-state index contributed by atoms with van der Waals surface area (Å²) in [5, 5.41) is 17.3. The fraction of sp³-hybridized carbons (Fsp3) is 0.250. The zero-order valence-corrected chi connectivity index (χ0v) is 19.9. The third kappa shape index (κ3) is 5.09. The Labute approximate surface area is 200 Å². The van der Waals surface area contributed by atoms with E-state index in [9.17, 15) is 4.79 Å². The number of carbonyl (C=O) groups excluding carboxylic acids is 1. The van der Waals surface area contributed by atoms with Crippen LogP contribution < -0.4 is 10.2 Å². The van der Waals surface area contributed by atoms with Gasteiger partial charge in [-0.15, -0.1) is 10.2 Å². The number of carbonyl (C=O) groups is 1. The third-order valence-electron chi connectivity index (χ3n) is 5.42. The SMILES string of the molecule is Cc1ccc(-c2cc(NC(=O)CSc3nnc(N4CCCC4)s3)n(-c3ccccc3)n2)cc1. The van der Waals surface area contributed by atoms with Gasteiger partial charge in [-0.1, -0.05) is 71.1 Å². The number of nitrogens with one attached hydrogen (secondary N) is 1. The molecule has 0 saturated carbocycles. The van der Waals surface area contributed by atoms with E-state index in [-0.39, 0.29) is 11.7 Å². The molecule has 3 heterocycles. The largest absolute Gasteiger partial charge is 0.347 e. The molecule has 33 heavy (non-hydrogen) atoms. The van der Waals surface area contributed by atoms with Crippen molar-refractivity contribution >= 4 is 40.0 Å². The second kappa shape index (κ2) is 9.76. The van der Waals surface area contributed by atoms with Crippen LogP contribution in [0.4, 0.5) is 10.9 Å².